The Labute approximate surface area is 161 Å². The zero-order valence-electron chi connectivity index (χ0n) is 15.2. The molecule has 3 rings (SSSR count). The highest BCUT2D eigenvalue weighted by Gasteiger charge is 2.39. The van der Waals surface area contributed by atoms with Crippen LogP contribution >= 0.6 is 0 Å². The molecule has 0 spiro atoms. The lowest BCUT2D eigenvalue weighted by atomic mass is 10.2. The van der Waals surface area contributed by atoms with E-state index in [2.05, 4.69) is 10.9 Å². The Morgan fingerprint density at radius 2 is 1.71 bits per heavy atom. The van der Waals surface area contributed by atoms with Crippen LogP contribution in [0.25, 0.3) is 0 Å². The van der Waals surface area contributed by atoms with Gasteiger partial charge in [0.2, 0.25) is 5.91 Å². The van der Waals surface area contributed by atoms with Gasteiger partial charge >= 0.3 is 5.97 Å². The Hall–Kier alpha value is -3.52. The summed E-state index contributed by atoms with van der Waals surface area (Å²) in [6.45, 7) is 1.96. The number of carbonyl (C=O) groups excluding carboxylic acids is 4. The average molecular weight is 381 g/mol. The molecule has 1 aliphatic rings. The number of esters is 1. The van der Waals surface area contributed by atoms with Gasteiger partial charge in [-0.3, -0.25) is 19.8 Å². The van der Waals surface area contributed by atoms with E-state index in [1.165, 1.54) is 24.3 Å². The fraction of sp³-hybridized carbons (Fsp3) is 0.200. The van der Waals surface area contributed by atoms with Crippen LogP contribution in [-0.2, 0) is 14.3 Å². The third kappa shape index (κ3) is 4.07. The molecule has 8 nitrogen and oxygen atoms in total. The fourth-order valence-corrected chi connectivity index (χ4v) is 2.79. The molecule has 1 fully saturated rings. The van der Waals surface area contributed by atoms with Gasteiger partial charge in [-0.15, -0.1) is 0 Å². The van der Waals surface area contributed by atoms with Crippen LogP contribution in [0.1, 0.15) is 34.1 Å². The van der Waals surface area contributed by atoms with Crippen molar-refractivity contribution in [1.29, 1.82) is 0 Å². The highest BCUT2D eigenvalue weighted by Crippen LogP contribution is 2.23. The van der Waals surface area contributed by atoms with E-state index in [0.29, 0.717) is 16.8 Å². The summed E-state index contributed by atoms with van der Waals surface area (Å²) in [6, 6.07) is 13.6. The standard InChI is InChI=1S/C20H19N3O5/c1-2-28-20(27)14-8-10-15(11-9-14)23-17(24)12-16(19(23)26)21-22-18(25)13-6-4-3-5-7-13/h3-11,16,21H,2,12H2,1H3,(H,22,25). The van der Waals surface area contributed by atoms with Gasteiger partial charge in [0.05, 0.1) is 24.3 Å². The third-order valence-corrected chi connectivity index (χ3v) is 4.18. The normalized spacial score (nSPS) is 16.2. The first-order chi connectivity index (χ1) is 13.5. The Morgan fingerprint density at radius 1 is 1.04 bits per heavy atom. The molecule has 1 heterocycles. The van der Waals surface area contributed by atoms with Crippen LogP contribution in [-0.4, -0.2) is 36.3 Å². The average Bonchev–Trinajstić information content (AvgIpc) is 3.00. The molecule has 2 aromatic carbocycles. The molecule has 0 aromatic heterocycles. The number of carbonyl (C=O) groups is 4. The molecule has 144 valence electrons. The van der Waals surface area contributed by atoms with Crippen LogP contribution in [0.5, 0.6) is 0 Å². The van der Waals surface area contributed by atoms with Crippen LogP contribution < -0.4 is 15.8 Å². The summed E-state index contributed by atoms with van der Waals surface area (Å²) in [5.41, 5.74) is 6.18. The summed E-state index contributed by atoms with van der Waals surface area (Å²) < 4.78 is 4.91. The topological polar surface area (TPSA) is 105 Å². The molecule has 0 aliphatic carbocycles. The predicted molar refractivity (Wildman–Crippen MR) is 100 cm³/mol. The molecular formula is C20H19N3O5. The Bertz CT molecular complexity index is 896. The maximum absolute atomic E-state index is 12.6. The Balaban J connectivity index is 1.65. The number of rotatable bonds is 6. The van der Waals surface area contributed by atoms with Crippen molar-refractivity contribution in [3.63, 3.8) is 0 Å². The number of anilines is 1. The number of amides is 3. The minimum atomic E-state index is -0.870. The number of hydrogen-bond acceptors (Lipinski definition) is 6. The lowest BCUT2D eigenvalue weighted by Crippen LogP contribution is -2.48. The van der Waals surface area contributed by atoms with Crippen molar-refractivity contribution in [2.24, 2.45) is 0 Å². The minimum absolute atomic E-state index is 0.0898. The van der Waals surface area contributed by atoms with Gasteiger partial charge in [-0.2, -0.15) is 0 Å². The molecule has 2 aromatic rings. The number of hydrazine groups is 1. The highest BCUT2D eigenvalue weighted by molar-refractivity contribution is 6.22. The predicted octanol–water partition coefficient (Wildman–Crippen LogP) is 1.43. The van der Waals surface area contributed by atoms with Gasteiger partial charge in [0.25, 0.3) is 11.8 Å². The summed E-state index contributed by atoms with van der Waals surface area (Å²) in [4.78, 5) is 49.7. The molecule has 1 aliphatic heterocycles. The Kier molecular flexibility index (Phi) is 5.81. The highest BCUT2D eigenvalue weighted by atomic mass is 16.5. The van der Waals surface area contributed by atoms with E-state index in [9.17, 15) is 19.2 Å². The first-order valence-corrected chi connectivity index (χ1v) is 8.76. The van der Waals surface area contributed by atoms with E-state index in [4.69, 9.17) is 4.74 Å². The second kappa shape index (κ2) is 8.45. The summed E-state index contributed by atoms with van der Waals surface area (Å²) in [5.74, 6) is -1.77. The molecule has 8 heteroatoms. The van der Waals surface area contributed by atoms with Crippen molar-refractivity contribution in [3.8, 4) is 0 Å². The van der Waals surface area contributed by atoms with Crippen LogP contribution in [0.3, 0.4) is 0 Å². The van der Waals surface area contributed by atoms with Crippen LogP contribution in [0.15, 0.2) is 54.6 Å². The molecule has 1 saturated heterocycles. The van der Waals surface area contributed by atoms with Crippen molar-refractivity contribution in [2.45, 2.75) is 19.4 Å². The molecule has 1 unspecified atom stereocenters. The molecule has 0 bridgehead atoms. The number of nitrogens with one attached hydrogen (secondary N) is 2. The van der Waals surface area contributed by atoms with Crippen molar-refractivity contribution < 1.29 is 23.9 Å². The van der Waals surface area contributed by atoms with E-state index in [1.54, 1.807) is 37.3 Å². The van der Waals surface area contributed by atoms with Gasteiger partial charge in [0, 0.05) is 5.56 Å². The first-order valence-electron chi connectivity index (χ1n) is 8.76. The van der Waals surface area contributed by atoms with Gasteiger partial charge in [-0.25, -0.2) is 15.1 Å². The number of benzene rings is 2. The van der Waals surface area contributed by atoms with E-state index in [-0.39, 0.29) is 13.0 Å². The molecule has 3 amide bonds. The summed E-state index contributed by atoms with van der Waals surface area (Å²) in [5, 5.41) is 0. The largest absolute Gasteiger partial charge is 0.462 e. The third-order valence-electron chi connectivity index (χ3n) is 4.18. The molecule has 0 radical (unpaired) electrons. The molecule has 28 heavy (non-hydrogen) atoms. The second-order valence-electron chi connectivity index (χ2n) is 6.06. The second-order valence-corrected chi connectivity index (χ2v) is 6.06. The maximum atomic E-state index is 12.6. The molecule has 2 N–H and O–H groups in total. The van der Waals surface area contributed by atoms with E-state index < -0.39 is 29.7 Å². The molecular weight excluding hydrogens is 362 g/mol. The zero-order valence-corrected chi connectivity index (χ0v) is 15.2. The molecule has 0 saturated carbocycles. The van der Waals surface area contributed by atoms with Gasteiger partial charge in [-0.1, -0.05) is 18.2 Å². The summed E-state index contributed by atoms with van der Waals surface area (Å²) in [6.07, 6.45) is -0.0898. The minimum Gasteiger partial charge on any atom is -0.462 e. The quantitative estimate of drug-likeness (QED) is 0.446. The Morgan fingerprint density at radius 3 is 2.36 bits per heavy atom. The van der Waals surface area contributed by atoms with Crippen LogP contribution in [0, 0.1) is 0 Å². The lowest BCUT2D eigenvalue weighted by molar-refractivity contribution is -0.121. The fourth-order valence-electron chi connectivity index (χ4n) is 2.79. The summed E-state index contributed by atoms with van der Waals surface area (Å²) in [7, 11) is 0. The van der Waals surface area contributed by atoms with Crippen molar-refractivity contribution in [1.82, 2.24) is 10.9 Å². The monoisotopic (exact) mass is 381 g/mol. The van der Waals surface area contributed by atoms with Crippen molar-refractivity contribution >= 4 is 29.4 Å². The van der Waals surface area contributed by atoms with Gasteiger partial charge < -0.3 is 4.74 Å². The maximum Gasteiger partial charge on any atom is 0.338 e. The number of nitrogens with zero attached hydrogens (tertiary/aromatic N) is 1. The molecule has 1 atom stereocenters. The number of ether oxygens (including phenoxy) is 1. The lowest BCUT2D eigenvalue weighted by Gasteiger charge is -2.16. The number of imide groups is 1. The summed E-state index contributed by atoms with van der Waals surface area (Å²) >= 11 is 0. The van der Waals surface area contributed by atoms with Crippen molar-refractivity contribution in [2.75, 3.05) is 11.5 Å². The SMILES string of the molecule is CCOC(=O)c1ccc(N2C(=O)CC(NNC(=O)c3ccccc3)C2=O)cc1. The smallest absolute Gasteiger partial charge is 0.338 e. The number of hydrogen-bond donors (Lipinski definition) is 2. The van der Waals surface area contributed by atoms with E-state index in [1.807, 2.05) is 0 Å². The van der Waals surface area contributed by atoms with Gasteiger partial charge in [-0.05, 0) is 43.3 Å². The van der Waals surface area contributed by atoms with Crippen molar-refractivity contribution in [3.05, 3.63) is 65.7 Å². The van der Waals surface area contributed by atoms with Crippen LogP contribution in [0.2, 0.25) is 0 Å². The first kappa shape index (κ1) is 19.2. The zero-order chi connectivity index (χ0) is 20.1. The van der Waals surface area contributed by atoms with E-state index in [0.717, 1.165) is 4.90 Å². The van der Waals surface area contributed by atoms with Gasteiger partial charge in [0.15, 0.2) is 0 Å². The van der Waals surface area contributed by atoms with Crippen LogP contribution in [0.4, 0.5) is 5.69 Å². The van der Waals surface area contributed by atoms with Gasteiger partial charge in [0.1, 0.15) is 6.04 Å². The van der Waals surface area contributed by atoms with E-state index >= 15 is 0 Å².